The van der Waals surface area contributed by atoms with Crippen LogP contribution in [0.4, 0.5) is 10.5 Å². The highest BCUT2D eigenvalue weighted by Gasteiger charge is 2.31. The molecule has 2 amide bonds. The number of hydrogen-bond donors (Lipinski definition) is 2. The summed E-state index contributed by atoms with van der Waals surface area (Å²) in [6.45, 7) is 0.676. The molecule has 1 aromatic carbocycles. The standard InChI is InChI=1S/C18H20ClN3O2/c19-17-15(9-4-10-20-17)21-18(24)22-11-5-8-14(22)12-16(23)13-6-2-1-3-7-13/h1-4,6-7,9-10,14,16,23H,5,8,11-12H2,(H,21,24)/t14-,16-/m1/s1. The van der Waals surface area contributed by atoms with Crippen molar-refractivity contribution in [2.45, 2.75) is 31.4 Å². The first kappa shape index (κ1) is 16.7. The summed E-state index contributed by atoms with van der Waals surface area (Å²) in [6.07, 6.45) is 3.34. The molecule has 0 spiro atoms. The molecule has 1 fully saturated rings. The minimum absolute atomic E-state index is 0.00986. The maximum atomic E-state index is 12.5. The molecule has 24 heavy (non-hydrogen) atoms. The number of nitrogens with zero attached hydrogens (tertiary/aromatic N) is 2. The minimum Gasteiger partial charge on any atom is -0.388 e. The van der Waals surface area contributed by atoms with Crippen molar-refractivity contribution in [1.29, 1.82) is 0 Å². The number of aliphatic hydroxyl groups excluding tert-OH is 1. The third kappa shape index (κ3) is 3.86. The molecule has 0 bridgehead atoms. The average Bonchev–Trinajstić information content (AvgIpc) is 3.06. The van der Waals surface area contributed by atoms with Gasteiger partial charge in [0, 0.05) is 18.8 Å². The fourth-order valence-corrected chi connectivity index (χ4v) is 3.25. The maximum absolute atomic E-state index is 12.5. The largest absolute Gasteiger partial charge is 0.388 e. The number of aromatic nitrogens is 1. The van der Waals surface area contributed by atoms with Gasteiger partial charge in [-0.05, 0) is 37.0 Å². The Morgan fingerprint density at radius 1 is 1.33 bits per heavy atom. The van der Waals surface area contributed by atoms with Crippen LogP contribution < -0.4 is 5.32 Å². The Bertz CT molecular complexity index is 696. The van der Waals surface area contributed by atoms with Crippen molar-refractivity contribution in [2.24, 2.45) is 0 Å². The average molecular weight is 346 g/mol. The van der Waals surface area contributed by atoms with Gasteiger partial charge in [-0.2, -0.15) is 0 Å². The Morgan fingerprint density at radius 2 is 2.12 bits per heavy atom. The van der Waals surface area contributed by atoms with E-state index in [9.17, 15) is 9.90 Å². The third-order valence-electron chi connectivity index (χ3n) is 4.32. The lowest BCUT2D eigenvalue weighted by atomic mass is 10.0. The van der Waals surface area contributed by atoms with Gasteiger partial charge in [0.15, 0.2) is 5.15 Å². The van der Waals surface area contributed by atoms with E-state index < -0.39 is 6.10 Å². The van der Waals surface area contributed by atoms with E-state index in [-0.39, 0.29) is 17.2 Å². The molecule has 1 saturated heterocycles. The molecule has 1 aliphatic heterocycles. The van der Waals surface area contributed by atoms with Gasteiger partial charge in [-0.25, -0.2) is 9.78 Å². The second-order valence-corrected chi connectivity index (χ2v) is 6.28. The fraction of sp³-hybridized carbons (Fsp3) is 0.333. The Balaban J connectivity index is 1.65. The number of hydrogen-bond acceptors (Lipinski definition) is 3. The van der Waals surface area contributed by atoms with Gasteiger partial charge in [0.05, 0.1) is 11.8 Å². The summed E-state index contributed by atoms with van der Waals surface area (Å²) in [5, 5.41) is 13.5. The van der Waals surface area contributed by atoms with Crippen LogP contribution in [0.1, 0.15) is 30.9 Å². The molecular formula is C18H20ClN3O2. The van der Waals surface area contributed by atoms with Crippen molar-refractivity contribution in [1.82, 2.24) is 9.88 Å². The predicted octanol–water partition coefficient (Wildman–Crippen LogP) is 3.86. The lowest BCUT2D eigenvalue weighted by Crippen LogP contribution is -2.39. The third-order valence-corrected chi connectivity index (χ3v) is 4.62. The van der Waals surface area contributed by atoms with Crippen LogP contribution in [0.5, 0.6) is 0 Å². The first-order valence-electron chi connectivity index (χ1n) is 8.06. The highest BCUT2D eigenvalue weighted by molar-refractivity contribution is 6.32. The molecular weight excluding hydrogens is 326 g/mol. The summed E-state index contributed by atoms with van der Waals surface area (Å²) in [5.74, 6) is 0. The molecule has 3 rings (SSSR count). The summed E-state index contributed by atoms with van der Waals surface area (Å²) in [6, 6.07) is 12.8. The van der Waals surface area contributed by atoms with Gasteiger partial charge in [-0.3, -0.25) is 0 Å². The molecule has 2 heterocycles. The molecule has 2 N–H and O–H groups in total. The van der Waals surface area contributed by atoms with Crippen molar-refractivity contribution >= 4 is 23.3 Å². The Kier molecular flexibility index (Phi) is 5.33. The monoisotopic (exact) mass is 345 g/mol. The van der Waals surface area contributed by atoms with E-state index in [2.05, 4.69) is 10.3 Å². The summed E-state index contributed by atoms with van der Waals surface area (Å²) in [7, 11) is 0. The van der Waals surface area contributed by atoms with Gasteiger partial charge < -0.3 is 15.3 Å². The number of carbonyl (C=O) groups is 1. The molecule has 0 radical (unpaired) electrons. The minimum atomic E-state index is -0.577. The van der Waals surface area contributed by atoms with E-state index in [1.165, 1.54) is 0 Å². The maximum Gasteiger partial charge on any atom is 0.322 e. The fourth-order valence-electron chi connectivity index (χ4n) is 3.08. The van der Waals surface area contributed by atoms with Crippen LogP contribution in [0, 0.1) is 0 Å². The van der Waals surface area contributed by atoms with E-state index in [0.29, 0.717) is 18.7 Å². The number of aliphatic hydroxyl groups is 1. The zero-order chi connectivity index (χ0) is 16.9. The lowest BCUT2D eigenvalue weighted by molar-refractivity contribution is 0.130. The predicted molar refractivity (Wildman–Crippen MR) is 94.0 cm³/mol. The number of amides is 2. The van der Waals surface area contributed by atoms with Crippen LogP contribution in [0.25, 0.3) is 0 Å². The number of carbonyl (C=O) groups excluding carboxylic acids is 1. The van der Waals surface area contributed by atoms with Crippen LogP contribution in [0.2, 0.25) is 5.15 Å². The van der Waals surface area contributed by atoms with Crippen molar-refractivity contribution in [2.75, 3.05) is 11.9 Å². The van der Waals surface area contributed by atoms with Crippen LogP contribution in [0.3, 0.4) is 0 Å². The molecule has 126 valence electrons. The van der Waals surface area contributed by atoms with Gasteiger partial charge in [-0.1, -0.05) is 41.9 Å². The van der Waals surface area contributed by atoms with Crippen LogP contribution in [-0.2, 0) is 0 Å². The van der Waals surface area contributed by atoms with Crippen LogP contribution >= 0.6 is 11.6 Å². The molecule has 0 saturated carbocycles. The highest BCUT2D eigenvalue weighted by atomic mass is 35.5. The van der Waals surface area contributed by atoms with Crippen molar-refractivity contribution < 1.29 is 9.90 Å². The first-order valence-corrected chi connectivity index (χ1v) is 8.44. The number of rotatable bonds is 4. The quantitative estimate of drug-likeness (QED) is 0.827. The molecule has 5 nitrogen and oxygen atoms in total. The number of benzene rings is 1. The Hall–Kier alpha value is -2.11. The van der Waals surface area contributed by atoms with Gasteiger partial charge in [0.25, 0.3) is 0 Å². The van der Waals surface area contributed by atoms with Crippen molar-refractivity contribution in [3.63, 3.8) is 0 Å². The normalized spacial score (nSPS) is 18.4. The molecule has 2 aromatic rings. The van der Waals surface area contributed by atoms with Gasteiger partial charge in [-0.15, -0.1) is 0 Å². The highest BCUT2D eigenvalue weighted by Crippen LogP contribution is 2.28. The van der Waals surface area contributed by atoms with E-state index in [4.69, 9.17) is 11.6 Å². The van der Waals surface area contributed by atoms with E-state index in [1.807, 2.05) is 30.3 Å². The Labute approximate surface area is 146 Å². The van der Waals surface area contributed by atoms with E-state index in [1.54, 1.807) is 23.2 Å². The van der Waals surface area contributed by atoms with Gasteiger partial charge in [0.2, 0.25) is 0 Å². The first-order chi connectivity index (χ1) is 11.6. The van der Waals surface area contributed by atoms with Crippen molar-refractivity contribution in [3.8, 4) is 0 Å². The molecule has 0 aliphatic carbocycles. The second-order valence-electron chi connectivity index (χ2n) is 5.92. The van der Waals surface area contributed by atoms with Crippen LogP contribution in [0.15, 0.2) is 48.7 Å². The number of anilines is 1. The summed E-state index contributed by atoms with van der Waals surface area (Å²) < 4.78 is 0. The van der Waals surface area contributed by atoms with Crippen molar-refractivity contribution in [3.05, 3.63) is 59.4 Å². The second kappa shape index (κ2) is 7.64. The smallest absolute Gasteiger partial charge is 0.322 e. The number of nitrogens with one attached hydrogen (secondary N) is 1. The molecule has 0 unspecified atom stereocenters. The summed E-state index contributed by atoms with van der Waals surface area (Å²) in [4.78, 5) is 18.3. The van der Waals surface area contributed by atoms with Gasteiger partial charge in [0.1, 0.15) is 0 Å². The molecule has 1 aliphatic rings. The molecule has 1 aromatic heterocycles. The lowest BCUT2D eigenvalue weighted by Gasteiger charge is -2.27. The van der Waals surface area contributed by atoms with Crippen LogP contribution in [-0.4, -0.2) is 33.6 Å². The SMILES string of the molecule is O=C(Nc1cccnc1Cl)N1CCC[C@@H]1C[C@@H](O)c1ccccc1. The van der Waals surface area contributed by atoms with E-state index >= 15 is 0 Å². The number of urea groups is 1. The number of likely N-dealkylation sites (tertiary alicyclic amines) is 1. The van der Waals surface area contributed by atoms with E-state index in [0.717, 1.165) is 18.4 Å². The summed E-state index contributed by atoms with van der Waals surface area (Å²) >= 11 is 5.99. The zero-order valence-corrected chi connectivity index (χ0v) is 14.0. The Morgan fingerprint density at radius 3 is 2.88 bits per heavy atom. The topological polar surface area (TPSA) is 65.5 Å². The number of pyridine rings is 1. The summed E-state index contributed by atoms with van der Waals surface area (Å²) in [5.41, 5.74) is 1.37. The molecule has 2 atom stereocenters. The molecule has 6 heteroatoms. The zero-order valence-electron chi connectivity index (χ0n) is 13.2. The van der Waals surface area contributed by atoms with Gasteiger partial charge >= 0.3 is 6.03 Å². The number of halogens is 1.